The van der Waals surface area contributed by atoms with Gasteiger partial charge in [-0.15, -0.1) is 0 Å². The molecule has 2 aromatic carbocycles. The van der Waals surface area contributed by atoms with Gasteiger partial charge in [-0.05, 0) is 75.2 Å². The maximum atomic E-state index is 13.7. The fraction of sp³-hybridized carbons (Fsp3) is 0.548. The van der Waals surface area contributed by atoms with Gasteiger partial charge in [-0.25, -0.2) is 4.79 Å². The number of aliphatic hydroxyl groups excluding tert-OH is 1. The molecular weight excluding hydrogens is 508 g/mol. The molecule has 3 N–H and O–H groups in total. The van der Waals surface area contributed by atoms with E-state index in [1.54, 1.807) is 54.5 Å². The molecule has 9 nitrogen and oxygen atoms in total. The summed E-state index contributed by atoms with van der Waals surface area (Å²) in [5.41, 5.74) is 1.45. The van der Waals surface area contributed by atoms with Gasteiger partial charge in [0.05, 0.1) is 25.3 Å². The van der Waals surface area contributed by atoms with Gasteiger partial charge in [0.25, 0.3) is 5.91 Å². The van der Waals surface area contributed by atoms with Crippen LogP contribution in [0, 0.1) is 11.8 Å². The summed E-state index contributed by atoms with van der Waals surface area (Å²) in [4.78, 5) is 30.5. The smallest absolute Gasteiger partial charge is 0.323 e. The number of nitrogens with zero attached hydrogens (tertiary/aromatic N) is 2. The van der Waals surface area contributed by atoms with Crippen LogP contribution in [0.1, 0.15) is 56.3 Å². The number of carbonyl (C=O) groups excluding carboxylic acids is 2. The van der Waals surface area contributed by atoms with Crippen molar-refractivity contribution in [2.75, 3.05) is 51.0 Å². The molecule has 1 aliphatic carbocycles. The lowest BCUT2D eigenvalue weighted by Crippen LogP contribution is -2.50. The Bertz CT molecular complexity index is 1140. The molecule has 0 radical (unpaired) electrons. The Labute approximate surface area is 237 Å². The maximum Gasteiger partial charge on any atom is 0.323 e. The minimum atomic E-state index is -0.430. The molecule has 0 bridgehead atoms. The first-order chi connectivity index (χ1) is 19.3. The number of rotatable bonds is 9. The Morgan fingerprint density at radius 1 is 1.10 bits per heavy atom. The number of nitrogens with one attached hydrogen (secondary N) is 2. The first-order valence-electron chi connectivity index (χ1n) is 14.4. The second kappa shape index (κ2) is 13.9. The molecule has 4 rings (SSSR count). The van der Waals surface area contributed by atoms with Gasteiger partial charge in [0.2, 0.25) is 0 Å². The standard InChI is InChI=1S/C31H44N4O5/c1-21-17-35(22(2)20-36)30(37)27-16-25(33-31(38)32-24-10-13-26(39-4)14-11-24)12-15-28(27)40-29(21)19-34(3)18-23-8-6-5-7-9-23/h10-16,21-23,29,36H,5-9,17-20H2,1-4H3,(H2,32,33,38)/t21-,22-,29-/m1/s1. The molecule has 0 spiro atoms. The number of urea groups is 1. The molecule has 9 heteroatoms. The minimum absolute atomic E-state index is 0.0629. The van der Waals surface area contributed by atoms with Gasteiger partial charge in [-0.3, -0.25) is 4.79 Å². The quantitative estimate of drug-likeness (QED) is 0.401. The largest absolute Gasteiger partial charge is 0.497 e. The zero-order valence-electron chi connectivity index (χ0n) is 24.2. The van der Waals surface area contributed by atoms with E-state index in [4.69, 9.17) is 9.47 Å². The van der Waals surface area contributed by atoms with Crippen molar-refractivity contribution >= 4 is 23.3 Å². The first kappa shape index (κ1) is 29.7. The first-order valence-corrected chi connectivity index (χ1v) is 14.4. The van der Waals surface area contributed by atoms with Gasteiger partial charge in [0, 0.05) is 36.9 Å². The van der Waals surface area contributed by atoms with Crippen LogP contribution < -0.4 is 20.1 Å². The number of carbonyl (C=O) groups is 2. The highest BCUT2D eigenvalue weighted by Crippen LogP contribution is 2.31. The molecule has 1 fully saturated rings. The van der Waals surface area contributed by atoms with Crippen molar-refractivity contribution in [3.8, 4) is 11.5 Å². The lowest BCUT2D eigenvalue weighted by atomic mass is 9.89. The topological polar surface area (TPSA) is 103 Å². The van der Waals surface area contributed by atoms with Gasteiger partial charge in [0.1, 0.15) is 17.6 Å². The highest BCUT2D eigenvalue weighted by molar-refractivity contribution is 6.02. The lowest BCUT2D eigenvalue weighted by molar-refractivity contribution is 0.0330. The second-order valence-electron chi connectivity index (χ2n) is 11.4. The summed E-state index contributed by atoms with van der Waals surface area (Å²) < 4.78 is 11.7. The van der Waals surface area contributed by atoms with Crippen LogP contribution in [-0.4, -0.2) is 79.4 Å². The highest BCUT2D eigenvalue weighted by atomic mass is 16.5. The highest BCUT2D eigenvalue weighted by Gasteiger charge is 2.34. The van der Waals surface area contributed by atoms with E-state index in [2.05, 4.69) is 29.5 Å². The average molecular weight is 553 g/mol. The zero-order chi connectivity index (χ0) is 28.6. The van der Waals surface area contributed by atoms with Crippen molar-refractivity contribution in [3.05, 3.63) is 48.0 Å². The number of hydrogen-bond donors (Lipinski definition) is 3. The number of methoxy groups -OCH3 is 1. The van der Waals surface area contributed by atoms with Crippen molar-refractivity contribution in [3.63, 3.8) is 0 Å². The monoisotopic (exact) mass is 552 g/mol. The average Bonchev–Trinajstić information content (AvgIpc) is 2.95. The predicted octanol–water partition coefficient (Wildman–Crippen LogP) is 5.07. The van der Waals surface area contributed by atoms with E-state index in [9.17, 15) is 14.7 Å². The molecule has 2 aromatic rings. The Kier molecular flexibility index (Phi) is 10.3. The number of fused-ring (bicyclic) bond motifs is 1. The van der Waals surface area contributed by atoms with Crippen molar-refractivity contribution in [1.29, 1.82) is 0 Å². The van der Waals surface area contributed by atoms with Gasteiger partial charge < -0.3 is 35.0 Å². The van der Waals surface area contributed by atoms with Crippen LogP contribution in [0.25, 0.3) is 0 Å². The summed E-state index contributed by atoms with van der Waals surface area (Å²) in [5.74, 6) is 1.74. The fourth-order valence-corrected chi connectivity index (χ4v) is 5.68. The SMILES string of the molecule is COc1ccc(NC(=O)Nc2ccc3c(c2)C(=O)N([C@H](C)CO)C[C@@H](C)[C@@H](CN(C)CC2CCCCC2)O3)cc1. The van der Waals surface area contributed by atoms with Gasteiger partial charge in [0.15, 0.2) is 0 Å². The Morgan fingerprint density at radius 3 is 2.45 bits per heavy atom. The summed E-state index contributed by atoms with van der Waals surface area (Å²) >= 11 is 0. The zero-order valence-corrected chi connectivity index (χ0v) is 24.2. The van der Waals surface area contributed by atoms with Crippen molar-refractivity contribution in [1.82, 2.24) is 9.80 Å². The third kappa shape index (κ3) is 7.67. The van der Waals surface area contributed by atoms with Crippen LogP contribution in [0.5, 0.6) is 11.5 Å². The number of anilines is 2. The Hall–Kier alpha value is -3.30. The number of likely N-dealkylation sites (N-methyl/N-ethyl adjacent to an activating group) is 1. The minimum Gasteiger partial charge on any atom is -0.497 e. The van der Waals surface area contributed by atoms with Crippen LogP contribution in [0.2, 0.25) is 0 Å². The van der Waals surface area contributed by atoms with Gasteiger partial charge >= 0.3 is 6.03 Å². The molecule has 2 aliphatic rings. The van der Waals surface area contributed by atoms with Crippen LogP contribution in [0.3, 0.4) is 0 Å². The molecule has 0 saturated heterocycles. The van der Waals surface area contributed by atoms with Gasteiger partial charge in [-0.1, -0.05) is 26.2 Å². The van der Waals surface area contributed by atoms with Crippen molar-refractivity contribution in [2.24, 2.45) is 11.8 Å². The van der Waals surface area contributed by atoms with Crippen LogP contribution in [-0.2, 0) is 0 Å². The number of benzene rings is 2. The molecule has 3 atom stereocenters. The normalized spacial score (nSPS) is 20.6. The number of hydrogen-bond acceptors (Lipinski definition) is 6. The third-order valence-electron chi connectivity index (χ3n) is 8.06. The van der Waals surface area contributed by atoms with E-state index in [1.165, 1.54) is 32.1 Å². The van der Waals surface area contributed by atoms with Crippen LogP contribution in [0.15, 0.2) is 42.5 Å². The Balaban J connectivity index is 1.52. The van der Waals surface area contributed by atoms with E-state index in [-0.39, 0.29) is 30.6 Å². The number of amides is 3. The van der Waals surface area contributed by atoms with Crippen molar-refractivity contribution in [2.45, 2.75) is 58.1 Å². The van der Waals surface area contributed by atoms with Crippen LogP contribution >= 0.6 is 0 Å². The molecule has 0 aromatic heterocycles. The van der Waals surface area contributed by atoms with Crippen LogP contribution in [0.4, 0.5) is 16.2 Å². The van der Waals surface area contributed by atoms with E-state index in [0.29, 0.717) is 35.0 Å². The molecule has 0 unspecified atom stereocenters. The van der Waals surface area contributed by atoms with E-state index >= 15 is 0 Å². The van der Waals surface area contributed by atoms with Crippen molar-refractivity contribution < 1.29 is 24.2 Å². The predicted molar refractivity (Wildman–Crippen MR) is 157 cm³/mol. The molecule has 40 heavy (non-hydrogen) atoms. The summed E-state index contributed by atoms with van der Waals surface area (Å²) in [6, 6.07) is 11.4. The Morgan fingerprint density at radius 2 is 1.77 bits per heavy atom. The molecule has 3 amide bonds. The summed E-state index contributed by atoms with van der Waals surface area (Å²) in [5, 5.41) is 15.5. The van der Waals surface area contributed by atoms with E-state index in [0.717, 1.165) is 19.0 Å². The van der Waals surface area contributed by atoms with Gasteiger partial charge in [-0.2, -0.15) is 0 Å². The third-order valence-corrected chi connectivity index (χ3v) is 8.06. The summed E-state index contributed by atoms with van der Waals surface area (Å²) in [6.45, 7) is 6.08. The molecule has 1 aliphatic heterocycles. The fourth-order valence-electron chi connectivity index (χ4n) is 5.68. The summed E-state index contributed by atoms with van der Waals surface area (Å²) in [7, 11) is 3.74. The van der Waals surface area contributed by atoms with E-state index < -0.39 is 6.03 Å². The molecule has 1 heterocycles. The maximum absolute atomic E-state index is 13.7. The van der Waals surface area contributed by atoms with E-state index in [1.807, 2.05) is 6.92 Å². The second-order valence-corrected chi connectivity index (χ2v) is 11.4. The number of aliphatic hydroxyl groups is 1. The molecule has 218 valence electrons. The summed E-state index contributed by atoms with van der Waals surface area (Å²) in [6.07, 6.45) is 6.40. The molecule has 1 saturated carbocycles. The molecular formula is C31H44N4O5. The number of ether oxygens (including phenoxy) is 2. The lowest BCUT2D eigenvalue weighted by Gasteiger charge is -2.38.